The number of rotatable bonds is 6. The van der Waals surface area contributed by atoms with Gasteiger partial charge in [-0.05, 0) is 18.2 Å². The molecule has 1 rings (SSSR count). The van der Waals surface area contributed by atoms with E-state index in [9.17, 15) is 9.59 Å². The molecule has 1 heterocycles. The lowest BCUT2D eigenvalue weighted by molar-refractivity contribution is -0.141. The lowest BCUT2D eigenvalue weighted by Gasteiger charge is -2.10. The highest BCUT2D eigenvalue weighted by Crippen LogP contribution is 2.22. The van der Waals surface area contributed by atoms with Crippen LogP contribution in [-0.4, -0.2) is 34.7 Å². The molecule has 0 spiro atoms. The Morgan fingerprint density at radius 1 is 1.50 bits per heavy atom. The van der Waals surface area contributed by atoms with Gasteiger partial charge in [-0.1, -0.05) is 11.6 Å². The fraction of sp³-hybridized carbons (Fsp3) is 0.273. The Kier molecular flexibility index (Phi) is 5.84. The van der Waals surface area contributed by atoms with Crippen LogP contribution >= 0.6 is 22.9 Å². The lowest BCUT2D eigenvalue weighted by Crippen LogP contribution is -2.40. The van der Waals surface area contributed by atoms with Crippen molar-refractivity contribution in [2.45, 2.75) is 12.5 Å². The molecule has 1 aromatic heterocycles. The summed E-state index contributed by atoms with van der Waals surface area (Å²) in [7, 11) is 0. The van der Waals surface area contributed by atoms with Crippen LogP contribution in [0.3, 0.4) is 0 Å². The van der Waals surface area contributed by atoms with Gasteiger partial charge in [-0.3, -0.25) is 4.79 Å². The van der Waals surface area contributed by atoms with Crippen molar-refractivity contribution in [3.05, 3.63) is 27.4 Å². The maximum atomic E-state index is 11.4. The van der Waals surface area contributed by atoms with Crippen molar-refractivity contribution in [1.82, 2.24) is 5.32 Å². The number of carbonyl (C=O) groups excluding carboxylic acids is 1. The van der Waals surface area contributed by atoms with E-state index in [1.807, 2.05) is 0 Å². The Hall–Kier alpha value is -1.37. The molecule has 18 heavy (non-hydrogen) atoms. The van der Waals surface area contributed by atoms with Crippen LogP contribution in [0.5, 0.6) is 0 Å². The van der Waals surface area contributed by atoms with Gasteiger partial charge in [0, 0.05) is 24.0 Å². The lowest BCUT2D eigenvalue weighted by atomic mass is 10.2. The highest BCUT2D eigenvalue weighted by atomic mass is 35.5. The summed E-state index contributed by atoms with van der Waals surface area (Å²) in [4.78, 5) is 23.0. The summed E-state index contributed by atoms with van der Waals surface area (Å²) in [5, 5.41) is 19.7. The zero-order valence-corrected chi connectivity index (χ0v) is 10.9. The number of hydrogen-bond donors (Lipinski definition) is 3. The van der Waals surface area contributed by atoms with Crippen LogP contribution in [0.25, 0.3) is 6.08 Å². The molecule has 5 nitrogen and oxygen atoms in total. The summed E-state index contributed by atoms with van der Waals surface area (Å²) in [5.41, 5.74) is 0. The van der Waals surface area contributed by atoms with Crippen LogP contribution in [0.15, 0.2) is 18.2 Å². The van der Waals surface area contributed by atoms with E-state index in [1.54, 1.807) is 18.2 Å². The van der Waals surface area contributed by atoms with Gasteiger partial charge in [-0.15, -0.1) is 11.3 Å². The molecule has 98 valence electrons. The summed E-state index contributed by atoms with van der Waals surface area (Å²) in [6.07, 6.45) is 2.75. The molecule has 0 aromatic carbocycles. The Morgan fingerprint density at radius 3 is 2.72 bits per heavy atom. The number of hydrogen-bond acceptors (Lipinski definition) is 4. The second-order valence-electron chi connectivity index (χ2n) is 3.39. The van der Waals surface area contributed by atoms with Gasteiger partial charge in [0.25, 0.3) is 0 Å². The largest absolute Gasteiger partial charge is 0.480 e. The maximum Gasteiger partial charge on any atom is 0.326 e. The minimum atomic E-state index is -1.18. The highest BCUT2D eigenvalue weighted by Gasteiger charge is 2.17. The number of halogens is 1. The molecule has 1 aromatic rings. The van der Waals surface area contributed by atoms with E-state index in [4.69, 9.17) is 21.8 Å². The van der Waals surface area contributed by atoms with Crippen molar-refractivity contribution >= 4 is 40.9 Å². The number of aliphatic hydroxyl groups is 1. The number of thiophene rings is 1. The first kappa shape index (κ1) is 14.7. The van der Waals surface area contributed by atoms with E-state index in [1.165, 1.54) is 17.4 Å². The fourth-order valence-electron chi connectivity index (χ4n) is 1.18. The first-order valence-electron chi connectivity index (χ1n) is 5.10. The molecule has 3 N–H and O–H groups in total. The van der Waals surface area contributed by atoms with Crippen molar-refractivity contribution in [2.75, 3.05) is 6.61 Å². The van der Waals surface area contributed by atoms with Gasteiger partial charge in [-0.25, -0.2) is 4.79 Å². The molecule has 1 amide bonds. The van der Waals surface area contributed by atoms with Gasteiger partial charge in [-0.2, -0.15) is 0 Å². The van der Waals surface area contributed by atoms with Gasteiger partial charge in [0.1, 0.15) is 6.04 Å². The molecule has 0 radical (unpaired) electrons. The van der Waals surface area contributed by atoms with E-state index in [0.29, 0.717) is 4.34 Å². The molecule has 0 bridgehead atoms. The second kappa shape index (κ2) is 7.15. The molecule has 0 saturated carbocycles. The standard InChI is InChI=1S/C11H12ClNO4S/c12-9-3-1-7(18-9)2-4-10(15)13-8(5-6-14)11(16)17/h1-4,8,14H,5-6H2,(H,13,15)(H,16,17)/b4-2+/t8-/m0/s1. The number of amides is 1. The monoisotopic (exact) mass is 289 g/mol. The Labute approximate surface area is 113 Å². The van der Waals surface area contributed by atoms with Crippen LogP contribution in [0.1, 0.15) is 11.3 Å². The van der Waals surface area contributed by atoms with Gasteiger partial charge < -0.3 is 15.5 Å². The quantitative estimate of drug-likeness (QED) is 0.690. The third-order valence-electron chi connectivity index (χ3n) is 2.03. The number of carboxylic acid groups (broad SMARTS) is 1. The van der Waals surface area contributed by atoms with E-state index < -0.39 is 17.9 Å². The van der Waals surface area contributed by atoms with Crippen molar-refractivity contribution in [1.29, 1.82) is 0 Å². The fourth-order valence-corrected chi connectivity index (χ4v) is 2.15. The Balaban J connectivity index is 2.54. The molecular formula is C11H12ClNO4S. The second-order valence-corrected chi connectivity index (χ2v) is 5.13. The average molecular weight is 290 g/mol. The maximum absolute atomic E-state index is 11.4. The molecule has 0 fully saturated rings. The number of aliphatic hydroxyl groups excluding tert-OH is 1. The first-order valence-corrected chi connectivity index (χ1v) is 6.30. The smallest absolute Gasteiger partial charge is 0.326 e. The average Bonchev–Trinajstić information content (AvgIpc) is 2.72. The highest BCUT2D eigenvalue weighted by molar-refractivity contribution is 7.17. The molecule has 0 aliphatic carbocycles. The number of nitrogens with one attached hydrogen (secondary N) is 1. The van der Waals surface area contributed by atoms with E-state index in [0.717, 1.165) is 4.88 Å². The number of carboxylic acids is 1. The van der Waals surface area contributed by atoms with Crippen LogP contribution in [-0.2, 0) is 9.59 Å². The topological polar surface area (TPSA) is 86.6 Å². The molecule has 0 unspecified atom stereocenters. The van der Waals surface area contributed by atoms with Crippen LogP contribution < -0.4 is 5.32 Å². The number of aliphatic carboxylic acids is 1. The molecule has 7 heteroatoms. The molecule has 1 atom stereocenters. The third kappa shape index (κ3) is 4.87. The van der Waals surface area contributed by atoms with Crippen molar-refractivity contribution in [3.63, 3.8) is 0 Å². The van der Waals surface area contributed by atoms with Crippen LogP contribution in [0.2, 0.25) is 4.34 Å². The minimum absolute atomic E-state index is 0.0280. The summed E-state index contributed by atoms with van der Waals surface area (Å²) in [6, 6.07) is 2.37. The Morgan fingerprint density at radius 2 is 2.22 bits per heavy atom. The zero-order valence-electron chi connectivity index (χ0n) is 9.30. The van der Waals surface area contributed by atoms with Gasteiger partial charge >= 0.3 is 5.97 Å². The van der Waals surface area contributed by atoms with Gasteiger partial charge in [0.15, 0.2) is 0 Å². The van der Waals surface area contributed by atoms with E-state index in [-0.39, 0.29) is 13.0 Å². The van der Waals surface area contributed by atoms with Crippen LogP contribution in [0.4, 0.5) is 0 Å². The van der Waals surface area contributed by atoms with Crippen molar-refractivity contribution in [3.8, 4) is 0 Å². The predicted octanol–water partition coefficient (Wildman–Crippen LogP) is 1.37. The summed E-state index contributed by atoms with van der Waals surface area (Å²) >= 11 is 7.03. The van der Waals surface area contributed by atoms with Crippen molar-refractivity contribution in [2.24, 2.45) is 0 Å². The van der Waals surface area contributed by atoms with Crippen LogP contribution in [0, 0.1) is 0 Å². The minimum Gasteiger partial charge on any atom is -0.480 e. The molecule has 0 saturated heterocycles. The molecular weight excluding hydrogens is 278 g/mol. The number of carbonyl (C=O) groups is 2. The Bertz CT molecular complexity index is 458. The first-order chi connectivity index (χ1) is 8.52. The van der Waals surface area contributed by atoms with Gasteiger partial charge in [0.05, 0.1) is 4.34 Å². The van der Waals surface area contributed by atoms with Gasteiger partial charge in [0.2, 0.25) is 5.91 Å². The summed E-state index contributed by atoms with van der Waals surface area (Å²) in [6.45, 7) is -0.304. The molecule has 0 aliphatic heterocycles. The summed E-state index contributed by atoms with van der Waals surface area (Å²) < 4.78 is 0.610. The predicted molar refractivity (Wildman–Crippen MR) is 69.6 cm³/mol. The van der Waals surface area contributed by atoms with E-state index in [2.05, 4.69) is 5.32 Å². The third-order valence-corrected chi connectivity index (χ3v) is 3.22. The summed E-state index contributed by atoms with van der Waals surface area (Å²) in [5.74, 6) is -1.70. The van der Waals surface area contributed by atoms with Crippen molar-refractivity contribution < 1.29 is 19.8 Å². The molecule has 0 aliphatic rings. The van der Waals surface area contributed by atoms with E-state index >= 15 is 0 Å². The SMILES string of the molecule is O=C(/C=C/c1ccc(Cl)s1)N[C@@H](CCO)C(=O)O. The zero-order chi connectivity index (χ0) is 13.5. The normalized spacial score (nSPS) is 12.6.